The van der Waals surface area contributed by atoms with Crippen molar-refractivity contribution in [2.75, 3.05) is 0 Å². The SMILES string of the molecule is Cn1ncc(Br)c1C(=O)c1cccc(Cl)c1Cl. The van der Waals surface area contributed by atoms with Crippen LogP contribution >= 0.6 is 39.1 Å². The van der Waals surface area contributed by atoms with Gasteiger partial charge in [0.1, 0.15) is 5.69 Å². The summed E-state index contributed by atoms with van der Waals surface area (Å²) in [5, 5.41) is 4.60. The van der Waals surface area contributed by atoms with Gasteiger partial charge in [-0.2, -0.15) is 5.10 Å². The van der Waals surface area contributed by atoms with Gasteiger partial charge in [-0.15, -0.1) is 0 Å². The number of benzene rings is 1. The second-order valence-electron chi connectivity index (χ2n) is 3.40. The Hall–Kier alpha value is -0.840. The lowest BCUT2D eigenvalue weighted by Crippen LogP contribution is -2.09. The molecule has 1 heterocycles. The van der Waals surface area contributed by atoms with Crippen molar-refractivity contribution in [1.29, 1.82) is 0 Å². The number of aromatic nitrogens is 2. The van der Waals surface area contributed by atoms with Gasteiger partial charge in [-0.1, -0.05) is 29.3 Å². The molecular formula is C11H7BrCl2N2O. The summed E-state index contributed by atoms with van der Waals surface area (Å²) in [5.41, 5.74) is 0.803. The van der Waals surface area contributed by atoms with Gasteiger partial charge in [0.05, 0.1) is 20.7 Å². The topological polar surface area (TPSA) is 34.9 Å². The van der Waals surface area contributed by atoms with E-state index < -0.39 is 0 Å². The van der Waals surface area contributed by atoms with Crippen molar-refractivity contribution in [2.24, 2.45) is 7.05 Å². The van der Waals surface area contributed by atoms with Crippen molar-refractivity contribution in [1.82, 2.24) is 9.78 Å². The third-order valence-corrected chi connectivity index (χ3v) is 3.70. The van der Waals surface area contributed by atoms with Crippen molar-refractivity contribution in [2.45, 2.75) is 0 Å². The lowest BCUT2D eigenvalue weighted by molar-refractivity contribution is 0.102. The van der Waals surface area contributed by atoms with E-state index in [1.165, 1.54) is 4.68 Å². The fourth-order valence-electron chi connectivity index (χ4n) is 1.47. The maximum atomic E-state index is 12.3. The zero-order valence-electron chi connectivity index (χ0n) is 8.75. The molecule has 88 valence electrons. The summed E-state index contributed by atoms with van der Waals surface area (Å²) in [6.07, 6.45) is 1.56. The fourth-order valence-corrected chi connectivity index (χ4v) is 2.39. The molecule has 6 heteroatoms. The Morgan fingerprint density at radius 1 is 1.41 bits per heavy atom. The Balaban J connectivity index is 2.55. The molecule has 0 bridgehead atoms. The molecule has 0 saturated heterocycles. The lowest BCUT2D eigenvalue weighted by atomic mass is 10.1. The van der Waals surface area contributed by atoms with Gasteiger partial charge in [0.25, 0.3) is 0 Å². The molecule has 0 aliphatic heterocycles. The molecule has 2 aromatic rings. The van der Waals surface area contributed by atoms with Crippen LogP contribution in [0.3, 0.4) is 0 Å². The maximum Gasteiger partial charge on any atom is 0.213 e. The molecule has 17 heavy (non-hydrogen) atoms. The Labute approximate surface area is 116 Å². The van der Waals surface area contributed by atoms with Crippen LogP contribution in [0.4, 0.5) is 0 Å². The standard InChI is InChI=1S/C11H7BrCl2N2O/c1-16-10(7(12)5-15-16)11(17)6-3-2-4-8(13)9(6)14/h2-5H,1H3. The first kappa shape index (κ1) is 12.6. The number of carbonyl (C=O) groups excluding carboxylic acids is 1. The van der Waals surface area contributed by atoms with E-state index in [9.17, 15) is 4.79 Å². The molecule has 0 saturated carbocycles. The van der Waals surface area contributed by atoms with Gasteiger partial charge < -0.3 is 0 Å². The highest BCUT2D eigenvalue weighted by Crippen LogP contribution is 2.28. The third kappa shape index (κ3) is 2.25. The zero-order valence-corrected chi connectivity index (χ0v) is 11.8. The van der Waals surface area contributed by atoms with Crippen LogP contribution in [0.5, 0.6) is 0 Å². The van der Waals surface area contributed by atoms with Crippen LogP contribution in [-0.2, 0) is 7.05 Å². The quantitative estimate of drug-likeness (QED) is 0.785. The van der Waals surface area contributed by atoms with Crippen LogP contribution < -0.4 is 0 Å². The maximum absolute atomic E-state index is 12.3. The minimum atomic E-state index is -0.218. The number of rotatable bonds is 2. The number of hydrogen-bond donors (Lipinski definition) is 0. The van der Waals surface area contributed by atoms with E-state index in [-0.39, 0.29) is 10.8 Å². The molecule has 3 nitrogen and oxygen atoms in total. The van der Waals surface area contributed by atoms with Crippen LogP contribution in [0.25, 0.3) is 0 Å². The average Bonchev–Trinajstić information content (AvgIpc) is 2.62. The molecule has 0 N–H and O–H groups in total. The molecule has 0 fully saturated rings. The third-order valence-electron chi connectivity index (χ3n) is 2.31. The minimum absolute atomic E-state index is 0.218. The molecule has 2 rings (SSSR count). The Morgan fingerprint density at radius 2 is 2.12 bits per heavy atom. The highest BCUT2D eigenvalue weighted by atomic mass is 79.9. The van der Waals surface area contributed by atoms with Gasteiger partial charge in [0, 0.05) is 12.6 Å². The largest absolute Gasteiger partial charge is 0.287 e. The lowest BCUT2D eigenvalue weighted by Gasteiger charge is -2.05. The van der Waals surface area contributed by atoms with E-state index in [1.54, 1.807) is 31.4 Å². The first-order valence-electron chi connectivity index (χ1n) is 4.68. The summed E-state index contributed by atoms with van der Waals surface area (Å²) in [6, 6.07) is 4.96. The molecule has 0 aliphatic carbocycles. The van der Waals surface area contributed by atoms with E-state index >= 15 is 0 Å². The number of halogens is 3. The highest BCUT2D eigenvalue weighted by molar-refractivity contribution is 9.10. The summed E-state index contributed by atoms with van der Waals surface area (Å²) in [6.45, 7) is 0. The molecule has 1 aromatic heterocycles. The van der Waals surface area contributed by atoms with Crippen LogP contribution in [0.1, 0.15) is 16.1 Å². The van der Waals surface area contributed by atoms with Crippen LogP contribution in [0, 0.1) is 0 Å². The first-order chi connectivity index (χ1) is 8.02. The number of ketones is 1. The summed E-state index contributed by atoms with van der Waals surface area (Å²) >= 11 is 15.2. The number of carbonyl (C=O) groups is 1. The monoisotopic (exact) mass is 332 g/mol. The van der Waals surface area contributed by atoms with Crippen molar-refractivity contribution in [3.63, 3.8) is 0 Å². The highest BCUT2D eigenvalue weighted by Gasteiger charge is 2.20. The predicted octanol–water partition coefficient (Wildman–Crippen LogP) is 3.72. The van der Waals surface area contributed by atoms with Gasteiger partial charge in [-0.05, 0) is 28.1 Å². The molecule has 0 unspecified atom stereocenters. The van der Waals surface area contributed by atoms with Gasteiger partial charge in [-0.25, -0.2) is 0 Å². The second kappa shape index (κ2) is 4.80. The second-order valence-corrected chi connectivity index (χ2v) is 5.03. The molecule has 0 atom stereocenters. The van der Waals surface area contributed by atoms with Crippen molar-refractivity contribution in [3.05, 3.63) is 50.2 Å². The molecule has 0 spiro atoms. The summed E-state index contributed by atoms with van der Waals surface area (Å²) in [4.78, 5) is 12.3. The number of hydrogen-bond acceptors (Lipinski definition) is 2. The normalized spacial score (nSPS) is 10.6. The molecular weight excluding hydrogens is 327 g/mol. The van der Waals surface area contributed by atoms with Crippen molar-refractivity contribution >= 4 is 44.9 Å². The Morgan fingerprint density at radius 3 is 2.71 bits per heavy atom. The average molecular weight is 334 g/mol. The van der Waals surface area contributed by atoms with Crippen LogP contribution in [0.15, 0.2) is 28.9 Å². The van der Waals surface area contributed by atoms with Gasteiger partial charge in [0.2, 0.25) is 5.78 Å². The summed E-state index contributed by atoms with van der Waals surface area (Å²) in [7, 11) is 1.69. The van der Waals surface area contributed by atoms with E-state index in [4.69, 9.17) is 23.2 Å². The zero-order chi connectivity index (χ0) is 12.6. The molecule has 1 aromatic carbocycles. The van der Waals surface area contributed by atoms with Crippen LogP contribution in [0.2, 0.25) is 10.0 Å². The van der Waals surface area contributed by atoms with Gasteiger partial charge >= 0.3 is 0 Å². The minimum Gasteiger partial charge on any atom is -0.287 e. The van der Waals surface area contributed by atoms with Gasteiger partial charge in [0.15, 0.2) is 0 Å². The summed E-state index contributed by atoms with van der Waals surface area (Å²) in [5.74, 6) is -0.218. The summed E-state index contributed by atoms with van der Waals surface area (Å²) < 4.78 is 2.12. The smallest absolute Gasteiger partial charge is 0.213 e. The van der Waals surface area contributed by atoms with E-state index in [0.717, 1.165) is 0 Å². The Bertz CT molecular complexity index is 576. The van der Waals surface area contributed by atoms with Crippen molar-refractivity contribution < 1.29 is 4.79 Å². The first-order valence-corrected chi connectivity index (χ1v) is 6.23. The molecule has 0 aliphatic rings. The molecule has 0 amide bonds. The predicted molar refractivity (Wildman–Crippen MR) is 70.8 cm³/mol. The van der Waals surface area contributed by atoms with Gasteiger partial charge in [-0.3, -0.25) is 9.48 Å². The van der Waals surface area contributed by atoms with E-state index in [0.29, 0.717) is 20.8 Å². The molecule has 0 radical (unpaired) electrons. The van der Waals surface area contributed by atoms with Crippen LogP contribution in [-0.4, -0.2) is 15.6 Å². The Kier molecular flexibility index (Phi) is 3.56. The van der Waals surface area contributed by atoms with E-state index in [1.807, 2.05) is 0 Å². The number of nitrogens with zero attached hydrogens (tertiary/aromatic N) is 2. The number of aryl methyl sites for hydroxylation is 1. The fraction of sp³-hybridized carbons (Fsp3) is 0.0909. The van der Waals surface area contributed by atoms with E-state index in [2.05, 4.69) is 21.0 Å². The van der Waals surface area contributed by atoms with Crippen molar-refractivity contribution in [3.8, 4) is 0 Å².